The number of primary sulfonamides is 1. The summed E-state index contributed by atoms with van der Waals surface area (Å²) in [6, 6.07) is 2.49. The highest BCUT2D eigenvalue weighted by molar-refractivity contribution is 7.89. The van der Waals surface area contributed by atoms with Crippen LogP contribution in [0.25, 0.3) is 0 Å². The standard InChI is InChI=1S/C16H26N2O5S.C4H10/c1-4-6-8-18(9-7-5-2)13-10-12(16(19)20)11-14(15(13)23-3)24(17,21)22;1-3-4-2/h10-11H,4-9H2,1-3H3,(H,19,20)(H2,17,21,22);3-4H2,1-2H3. The van der Waals surface area contributed by atoms with Gasteiger partial charge in [0.2, 0.25) is 10.0 Å². The van der Waals surface area contributed by atoms with Crippen molar-refractivity contribution in [1.82, 2.24) is 0 Å². The summed E-state index contributed by atoms with van der Waals surface area (Å²) in [6.07, 6.45) is 6.36. The highest BCUT2D eigenvalue weighted by Gasteiger charge is 2.24. The fourth-order valence-electron chi connectivity index (χ4n) is 2.41. The maximum Gasteiger partial charge on any atom is 0.335 e. The van der Waals surface area contributed by atoms with Crippen molar-refractivity contribution in [3.8, 4) is 5.75 Å². The topological polar surface area (TPSA) is 110 Å². The van der Waals surface area contributed by atoms with E-state index in [0.717, 1.165) is 31.7 Å². The van der Waals surface area contributed by atoms with Gasteiger partial charge in [0.15, 0.2) is 5.75 Å². The Morgan fingerprint density at radius 3 is 1.86 bits per heavy atom. The second kappa shape index (κ2) is 13.4. The maximum absolute atomic E-state index is 11.9. The number of rotatable bonds is 11. The molecule has 162 valence electrons. The molecular weight excluding hydrogens is 380 g/mol. The predicted octanol–water partition coefficient (Wildman–Crippen LogP) is 4.25. The number of carboxylic acids is 1. The minimum Gasteiger partial charge on any atom is -0.493 e. The molecule has 0 aliphatic carbocycles. The van der Waals surface area contributed by atoms with Crippen molar-refractivity contribution >= 4 is 21.7 Å². The fourth-order valence-corrected chi connectivity index (χ4v) is 3.15. The summed E-state index contributed by atoms with van der Waals surface area (Å²) in [5.74, 6) is -1.12. The second-order valence-electron chi connectivity index (χ2n) is 6.57. The molecule has 0 amide bonds. The number of unbranched alkanes of at least 4 members (excludes halogenated alkanes) is 3. The molecule has 0 atom stereocenters. The summed E-state index contributed by atoms with van der Waals surface area (Å²) in [5.41, 5.74) is 0.316. The van der Waals surface area contributed by atoms with Crippen LogP contribution in [0.5, 0.6) is 5.75 Å². The van der Waals surface area contributed by atoms with Crippen molar-refractivity contribution in [3.63, 3.8) is 0 Å². The molecule has 0 saturated heterocycles. The van der Waals surface area contributed by atoms with Crippen molar-refractivity contribution in [2.75, 3.05) is 25.1 Å². The van der Waals surface area contributed by atoms with Gasteiger partial charge >= 0.3 is 5.97 Å². The lowest BCUT2D eigenvalue weighted by molar-refractivity contribution is 0.0696. The Bertz CT molecular complexity index is 695. The number of sulfonamides is 1. The third-order valence-electron chi connectivity index (χ3n) is 4.20. The van der Waals surface area contributed by atoms with Crippen LogP contribution in [0.2, 0.25) is 0 Å². The molecule has 28 heavy (non-hydrogen) atoms. The first-order valence-corrected chi connectivity index (χ1v) is 11.4. The van der Waals surface area contributed by atoms with E-state index in [1.807, 2.05) is 4.90 Å². The molecule has 8 heteroatoms. The molecule has 0 aliphatic rings. The number of benzene rings is 1. The number of hydrogen-bond donors (Lipinski definition) is 2. The second-order valence-corrected chi connectivity index (χ2v) is 8.10. The molecule has 0 aromatic heterocycles. The number of nitrogens with zero attached hydrogens (tertiary/aromatic N) is 1. The van der Waals surface area contributed by atoms with Crippen LogP contribution in [0.1, 0.15) is 76.6 Å². The minimum absolute atomic E-state index is 0.0923. The van der Waals surface area contributed by atoms with Crippen molar-refractivity contribution < 1.29 is 23.1 Å². The van der Waals surface area contributed by atoms with E-state index in [1.165, 1.54) is 26.0 Å². The predicted molar refractivity (Wildman–Crippen MR) is 114 cm³/mol. The lowest BCUT2D eigenvalue weighted by atomic mass is 10.1. The van der Waals surface area contributed by atoms with Crippen LogP contribution in [0.3, 0.4) is 0 Å². The normalized spacial score (nSPS) is 10.8. The van der Waals surface area contributed by atoms with Gasteiger partial charge < -0.3 is 14.7 Å². The summed E-state index contributed by atoms with van der Waals surface area (Å²) in [4.78, 5) is 13.0. The number of anilines is 1. The zero-order valence-electron chi connectivity index (χ0n) is 17.8. The Hall–Kier alpha value is -1.80. The summed E-state index contributed by atoms with van der Waals surface area (Å²) in [5, 5.41) is 14.6. The molecule has 3 N–H and O–H groups in total. The summed E-state index contributed by atoms with van der Waals surface area (Å²) < 4.78 is 29.0. The molecule has 1 rings (SSSR count). The molecule has 0 saturated carbocycles. The SMILES string of the molecule is CCCC.CCCCN(CCCC)c1cc(C(=O)O)cc(S(N)(=O)=O)c1OC. The van der Waals surface area contributed by atoms with Gasteiger partial charge in [-0.2, -0.15) is 0 Å². The Morgan fingerprint density at radius 1 is 1.04 bits per heavy atom. The van der Waals surface area contributed by atoms with Gasteiger partial charge in [0.25, 0.3) is 0 Å². The zero-order chi connectivity index (χ0) is 21.7. The first kappa shape index (κ1) is 26.2. The molecule has 1 aromatic rings. The van der Waals surface area contributed by atoms with E-state index in [2.05, 4.69) is 27.7 Å². The first-order chi connectivity index (χ1) is 13.2. The smallest absolute Gasteiger partial charge is 0.335 e. The molecule has 0 bridgehead atoms. The van der Waals surface area contributed by atoms with Gasteiger partial charge in [-0.05, 0) is 25.0 Å². The molecule has 0 fully saturated rings. The van der Waals surface area contributed by atoms with Crippen molar-refractivity contribution in [2.45, 2.75) is 71.1 Å². The lowest BCUT2D eigenvalue weighted by Gasteiger charge is -2.27. The van der Waals surface area contributed by atoms with Crippen molar-refractivity contribution in [1.29, 1.82) is 0 Å². The number of carbonyl (C=O) groups is 1. The Kier molecular flexibility index (Phi) is 12.5. The van der Waals surface area contributed by atoms with Crippen molar-refractivity contribution in [3.05, 3.63) is 17.7 Å². The number of aromatic carboxylic acids is 1. The molecule has 0 aliphatic heterocycles. The first-order valence-electron chi connectivity index (χ1n) is 9.90. The molecule has 1 aromatic carbocycles. The van der Waals surface area contributed by atoms with Gasteiger partial charge in [-0.25, -0.2) is 18.4 Å². The van der Waals surface area contributed by atoms with Gasteiger partial charge in [0.05, 0.1) is 18.4 Å². The molecule has 0 heterocycles. The highest BCUT2D eigenvalue weighted by Crippen LogP contribution is 2.36. The number of methoxy groups -OCH3 is 1. The van der Waals surface area contributed by atoms with Gasteiger partial charge in [-0.1, -0.05) is 53.4 Å². The lowest BCUT2D eigenvalue weighted by Crippen LogP contribution is -2.27. The molecule has 0 radical (unpaired) electrons. The van der Waals surface area contributed by atoms with Crippen LogP contribution in [-0.4, -0.2) is 39.7 Å². The van der Waals surface area contributed by atoms with E-state index in [1.54, 1.807) is 0 Å². The van der Waals surface area contributed by atoms with Crippen LogP contribution in [-0.2, 0) is 10.0 Å². The van der Waals surface area contributed by atoms with E-state index >= 15 is 0 Å². The zero-order valence-corrected chi connectivity index (χ0v) is 18.6. The Morgan fingerprint density at radius 2 is 1.54 bits per heavy atom. The Labute approximate surface area is 169 Å². The summed E-state index contributed by atoms with van der Waals surface area (Å²) in [6.45, 7) is 9.83. The van der Waals surface area contributed by atoms with E-state index in [0.29, 0.717) is 18.8 Å². The van der Waals surface area contributed by atoms with Crippen LogP contribution in [0.15, 0.2) is 17.0 Å². The van der Waals surface area contributed by atoms with E-state index in [-0.39, 0.29) is 16.2 Å². The summed E-state index contributed by atoms with van der Waals surface area (Å²) >= 11 is 0. The number of ether oxygens (including phenoxy) is 1. The third kappa shape index (κ3) is 8.48. The van der Waals surface area contributed by atoms with E-state index in [4.69, 9.17) is 9.88 Å². The van der Waals surface area contributed by atoms with Crippen LogP contribution in [0, 0.1) is 0 Å². The minimum atomic E-state index is -4.11. The third-order valence-corrected chi connectivity index (χ3v) is 5.11. The number of hydrogen-bond acceptors (Lipinski definition) is 5. The largest absolute Gasteiger partial charge is 0.493 e. The number of nitrogens with two attached hydrogens (primary N) is 1. The molecule has 7 nitrogen and oxygen atoms in total. The highest BCUT2D eigenvalue weighted by atomic mass is 32.2. The van der Waals surface area contributed by atoms with Gasteiger partial charge in [-0.3, -0.25) is 0 Å². The fraction of sp³-hybridized carbons (Fsp3) is 0.650. The van der Waals surface area contributed by atoms with Crippen LogP contribution in [0.4, 0.5) is 5.69 Å². The quantitative estimate of drug-likeness (QED) is 0.558. The monoisotopic (exact) mass is 416 g/mol. The van der Waals surface area contributed by atoms with Gasteiger partial charge in [-0.15, -0.1) is 0 Å². The average molecular weight is 417 g/mol. The van der Waals surface area contributed by atoms with Crippen LogP contribution >= 0.6 is 0 Å². The summed E-state index contributed by atoms with van der Waals surface area (Å²) in [7, 11) is -2.76. The van der Waals surface area contributed by atoms with Crippen LogP contribution < -0.4 is 14.8 Å². The van der Waals surface area contributed by atoms with E-state index in [9.17, 15) is 18.3 Å². The van der Waals surface area contributed by atoms with Crippen molar-refractivity contribution in [2.24, 2.45) is 5.14 Å². The van der Waals surface area contributed by atoms with E-state index < -0.39 is 16.0 Å². The molecule has 0 unspecified atom stereocenters. The van der Waals surface area contributed by atoms with Gasteiger partial charge in [0.1, 0.15) is 4.90 Å². The molecule has 0 spiro atoms. The maximum atomic E-state index is 11.9. The molecular formula is C20H36N2O5S. The average Bonchev–Trinajstić information content (AvgIpc) is 2.66. The Balaban J connectivity index is 0.00000165. The van der Waals surface area contributed by atoms with Gasteiger partial charge in [0, 0.05) is 13.1 Å². The number of carboxylic acid groups (broad SMARTS) is 1.